The van der Waals surface area contributed by atoms with E-state index in [4.69, 9.17) is 4.98 Å². The number of aromatic nitrogens is 3. The summed E-state index contributed by atoms with van der Waals surface area (Å²) in [5.74, 6) is 1.07. The Bertz CT molecular complexity index is 980. The number of amides is 1. The first-order chi connectivity index (χ1) is 14.2. The molecule has 4 rings (SSSR count). The maximum absolute atomic E-state index is 12.8. The predicted octanol–water partition coefficient (Wildman–Crippen LogP) is 2.56. The van der Waals surface area contributed by atoms with E-state index >= 15 is 0 Å². The highest BCUT2D eigenvalue weighted by Crippen LogP contribution is 2.28. The monoisotopic (exact) mass is 394 g/mol. The molecule has 1 atom stereocenters. The summed E-state index contributed by atoms with van der Waals surface area (Å²) in [6, 6.07) is 8.09. The SMILES string of the molecule is CCN(CC)CCNC(=O)[C@H]1CCCN(c2nc3ncccc3n3cccc23)C1. The molecule has 154 valence electrons. The molecule has 1 N–H and O–H groups in total. The van der Waals surface area contributed by atoms with Crippen molar-refractivity contribution in [1.82, 2.24) is 24.6 Å². The second-order valence-electron chi connectivity index (χ2n) is 7.65. The summed E-state index contributed by atoms with van der Waals surface area (Å²) in [5, 5.41) is 3.14. The standard InChI is InChI=1S/C22H30N6O/c1-3-26(4-2)15-12-24-22(29)17-8-6-13-27(16-17)21-19-10-7-14-28(19)18-9-5-11-23-20(18)25-21/h5,7,9-11,14,17H,3-4,6,8,12-13,15-16H2,1-2H3,(H,24,29)/t17-/m0/s1. The number of rotatable bonds is 7. The van der Waals surface area contributed by atoms with E-state index < -0.39 is 0 Å². The molecular formula is C22H30N6O. The molecular weight excluding hydrogens is 364 g/mol. The molecule has 0 spiro atoms. The van der Waals surface area contributed by atoms with Gasteiger partial charge in [0.2, 0.25) is 5.91 Å². The van der Waals surface area contributed by atoms with Crippen molar-refractivity contribution in [3.05, 3.63) is 36.7 Å². The molecule has 7 nitrogen and oxygen atoms in total. The van der Waals surface area contributed by atoms with Gasteiger partial charge in [-0.2, -0.15) is 0 Å². The van der Waals surface area contributed by atoms with Crippen molar-refractivity contribution in [1.29, 1.82) is 0 Å². The number of nitrogens with zero attached hydrogens (tertiary/aromatic N) is 5. The van der Waals surface area contributed by atoms with Gasteiger partial charge < -0.3 is 19.5 Å². The van der Waals surface area contributed by atoms with Crippen LogP contribution in [0.1, 0.15) is 26.7 Å². The summed E-state index contributed by atoms with van der Waals surface area (Å²) < 4.78 is 2.14. The first-order valence-electron chi connectivity index (χ1n) is 10.7. The Kier molecular flexibility index (Phi) is 5.94. The lowest BCUT2D eigenvalue weighted by molar-refractivity contribution is -0.125. The van der Waals surface area contributed by atoms with Gasteiger partial charge >= 0.3 is 0 Å². The van der Waals surface area contributed by atoms with Gasteiger partial charge in [-0.25, -0.2) is 9.97 Å². The molecule has 3 aromatic rings. The van der Waals surface area contributed by atoms with Crippen molar-refractivity contribution < 1.29 is 4.79 Å². The summed E-state index contributed by atoms with van der Waals surface area (Å²) in [4.78, 5) is 26.6. The van der Waals surface area contributed by atoms with Crippen LogP contribution in [0.15, 0.2) is 36.7 Å². The molecule has 0 saturated carbocycles. The van der Waals surface area contributed by atoms with Crippen LogP contribution in [-0.4, -0.2) is 64.4 Å². The fourth-order valence-corrected chi connectivity index (χ4v) is 4.23. The van der Waals surface area contributed by atoms with Crippen LogP contribution in [0, 0.1) is 5.92 Å². The number of carbonyl (C=O) groups excluding carboxylic acids is 1. The molecule has 0 unspecified atom stereocenters. The maximum atomic E-state index is 12.8. The number of anilines is 1. The number of hydrogen-bond donors (Lipinski definition) is 1. The molecule has 0 radical (unpaired) electrons. The molecule has 1 aliphatic rings. The van der Waals surface area contributed by atoms with E-state index in [0.29, 0.717) is 13.1 Å². The van der Waals surface area contributed by atoms with Gasteiger partial charge in [-0.15, -0.1) is 0 Å². The number of pyridine rings is 1. The van der Waals surface area contributed by atoms with Crippen LogP contribution in [0.2, 0.25) is 0 Å². The molecule has 0 aromatic carbocycles. The van der Waals surface area contributed by atoms with Gasteiger partial charge in [-0.05, 0) is 50.2 Å². The highest BCUT2D eigenvalue weighted by molar-refractivity contribution is 5.84. The Balaban J connectivity index is 1.49. The molecule has 1 fully saturated rings. The lowest BCUT2D eigenvalue weighted by Gasteiger charge is -2.33. The molecule has 1 saturated heterocycles. The van der Waals surface area contributed by atoms with Crippen LogP contribution in [0.4, 0.5) is 5.82 Å². The summed E-state index contributed by atoms with van der Waals surface area (Å²) in [7, 11) is 0. The summed E-state index contributed by atoms with van der Waals surface area (Å²) in [6.07, 6.45) is 5.74. The normalized spacial score (nSPS) is 17.3. The third-order valence-electron chi connectivity index (χ3n) is 5.93. The van der Waals surface area contributed by atoms with Gasteiger partial charge in [0.05, 0.1) is 17.0 Å². The van der Waals surface area contributed by atoms with Crippen LogP contribution in [-0.2, 0) is 4.79 Å². The van der Waals surface area contributed by atoms with E-state index in [0.717, 1.165) is 61.5 Å². The van der Waals surface area contributed by atoms with Crippen molar-refractivity contribution in [2.24, 2.45) is 5.92 Å². The van der Waals surface area contributed by atoms with Crippen LogP contribution in [0.25, 0.3) is 16.7 Å². The largest absolute Gasteiger partial charge is 0.355 e. The van der Waals surface area contributed by atoms with Gasteiger partial charge in [0.1, 0.15) is 0 Å². The molecule has 4 heterocycles. The molecule has 7 heteroatoms. The summed E-state index contributed by atoms with van der Waals surface area (Å²) in [6.45, 7) is 9.54. The average molecular weight is 395 g/mol. The molecule has 0 aliphatic carbocycles. The second-order valence-corrected chi connectivity index (χ2v) is 7.65. The number of nitrogens with one attached hydrogen (secondary N) is 1. The fraction of sp³-hybridized carbons (Fsp3) is 0.500. The van der Waals surface area contributed by atoms with Crippen molar-refractivity contribution in [2.75, 3.05) is 44.2 Å². The lowest BCUT2D eigenvalue weighted by atomic mass is 9.97. The van der Waals surface area contributed by atoms with Gasteiger partial charge in [0.25, 0.3) is 0 Å². The maximum Gasteiger partial charge on any atom is 0.224 e. The average Bonchev–Trinajstić information content (AvgIpc) is 3.26. The predicted molar refractivity (Wildman–Crippen MR) is 116 cm³/mol. The molecule has 1 aliphatic heterocycles. The Labute approximate surface area is 171 Å². The summed E-state index contributed by atoms with van der Waals surface area (Å²) in [5.41, 5.74) is 2.80. The minimum absolute atomic E-state index is 0.00306. The Hall–Kier alpha value is -2.67. The highest BCUT2D eigenvalue weighted by atomic mass is 16.1. The zero-order chi connectivity index (χ0) is 20.2. The number of piperidine rings is 1. The van der Waals surface area contributed by atoms with E-state index in [1.165, 1.54) is 0 Å². The van der Waals surface area contributed by atoms with Crippen LogP contribution >= 0.6 is 0 Å². The molecule has 3 aromatic heterocycles. The van der Waals surface area contributed by atoms with Gasteiger partial charge in [-0.1, -0.05) is 13.8 Å². The van der Waals surface area contributed by atoms with Crippen molar-refractivity contribution in [3.63, 3.8) is 0 Å². The first kappa shape index (κ1) is 19.6. The lowest BCUT2D eigenvalue weighted by Crippen LogP contribution is -2.45. The number of fused-ring (bicyclic) bond motifs is 3. The Morgan fingerprint density at radius 2 is 2.07 bits per heavy atom. The molecule has 1 amide bonds. The van der Waals surface area contributed by atoms with Crippen molar-refractivity contribution in [2.45, 2.75) is 26.7 Å². The van der Waals surface area contributed by atoms with Crippen LogP contribution in [0.5, 0.6) is 0 Å². The van der Waals surface area contributed by atoms with Gasteiger partial charge in [0.15, 0.2) is 11.5 Å². The topological polar surface area (TPSA) is 65.8 Å². The van der Waals surface area contributed by atoms with Gasteiger partial charge in [-0.3, -0.25) is 4.79 Å². The zero-order valence-electron chi connectivity index (χ0n) is 17.3. The molecule has 29 heavy (non-hydrogen) atoms. The molecule has 0 bridgehead atoms. The van der Waals surface area contributed by atoms with Crippen molar-refractivity contribution >= 4 is 28.4 Å². The first-order valence-corrected chi connectivity index (χ1v) is 10.7. The minimum atomic E-state index is -0.00306. The number of hydrogen-bond acceptors (Lipinski definition) is 5. The van der Waals surface area contributed by atoms with E-state index in [1.54, 1.807) is 6.20 Å². The third-order valence-corrected chi connectivity index (χ3v) is 5.93. The van der Waals surface area contributed by atoms with Crippen LogP contribution in [0.3, 0.4) is 0 Å². The van der Waals surface area contributed by atoms with Crippen LogP contribution < -0.4 is 10.2 Å². The number of carbonyl (C=O) groups is 1. The minimum Gasteiger partial charge on any atom is -0.355 e. The van der Waals surface area contributed by atoms with E-state index in [1.807, 2.05) is 24.4 Å². The fourth-order valence-electron chi connectivity index (χ4n) is 4.23. The second kappa shape index (κ2) is 8.78. The van der Waals surface area contributed by atoms with Crippen molar-refractivity contribution in [3.8, 4) is 0 Å². The highest BCUT2D eigenvalue weighted by Gasteiger charge is 2.28. The van der Waals surface area contributed by atoms with E-state index in [-0.39, 0.29) is 11.8 Å². The quantitative estimate of drug-likeness (QED) is 0.667. The number of likely N-dealkylation sites (N-methyl/N-ethyl adjacent to an activating group) is 1. The zero-order valence-corrected chi connectivity index (χ0v) is 17.3. The third kappa shape index (κ3) is 4.05. The van der Waals surface area contributed by atoms with E-state index in [9.17, 15) is 4.79 Å². The van der Waals surface area contributed by atoms with Gasteiger partial charge in [0, 0.05) is 38.6 Å². The smallest absolute Gasteiger partial charge is 0.224 e. The Morgan fingerprint density at radius 3 is 2.90 bits per heavy atom. The Morgan fingerprint density at radius 1 is 1.24 bits per heavy atom. The summed E-state index contributed by atoms with van der Waals surface area (Å²) >= 11 is 0. The van der Waals surface area contributed by atoms with E-state index in [2.05, 4.69) is 44.4 Å².